The summed E-state index contributed by atoms with van der Waals surface area (Å²) in [4.78, 5) is 26.1. The first-order valence-electron chi connectivity index (χ1n) is 9.08. The number of hydrogen-bond acceptors (Lipinski definition) is 2. The molecule has 0 unspecified atom stereocenters. The molecule has 1 heterocycles. The fourth-order valence-electron chi connectivity index (χ4n) is 3.33. The molecule has 1 N–H and O–H groups in total. The molecule has 0 saturated carbocycles. The van der Waals surface area contributed by atoms with Crippen molar-refractivity contribution in [2.45, 2.75) is 46.0 Å². The Labute approximate surface area is 155 Å². The number of nitrogens with one attached hydrogen (secondary N) is 1. The predicted molar refractivity (Wildman–Crippen MR) is 106 cm³/mol. The molecule has 26 heavy (non-hydrogen) atoms. The number of benzene rings is 2. The zero-order valence-corrected chi connectivity index (χ0v) is 15.9. The number of rotatable bonds is 2. The molecule has 0 bridgehead atoms. The second kappa shape index (κ2) is 6.94. The van der Waals surface area contributed by atoms with E-state index in [-0.39, 0.29) is 17.2 Å². The fourth-order valence-corrected chi connectivity index (χ4v) is 3.33. The van der Waals surface area contributed by atoms with E-state index >= 15 is 0 Å². The van der Waals surface area contributed by atoms with Crippen molar-refractivity contribution in [3.05, 3.63) is 59.2 Å². The first-order chi connectivity index (χ1) is 12.3. The number of amides is 2. The maximum absolute atomic E-state index is 12.5. The lowest BCUT2D eigenvalue weighted by Crippen LogP contribution is -2.33. The van der Waals surface area contributed by atoms with Crippen LogP contribution in [-0.4, -0.2) is 18.4 Å². The third-order valence-corrected chi connectivity index (χ3v) is 4.85. The van der Waals surface area contributed by atoms with Crippen LogP contribution in [-0.2, 0) is 16.6 Å². The molecule has 136 valence electrons. The van der Waals surface area contributed by atoms with Crippen molar-refractivity contribution in [3.63, 3.8) is 0 Å². The van der Waals surface area contributed by atoms with Crippen molar-refractivity contribution in [1.29, 1.82) is 0 Å². The Bertz CT molecular complexity index is 832. The lowest BCUT2D eigenvalue weighted by molar-refractivity contribution is -0.116. The van der Waals surface area contributed by atoms with Crippen LogP contribution in [0.4, 0.5) is 11.4 Å². The van der Waals surface area contributed by atoms with Gasteiger partial charge in [0.05, 0.1) is 0 Å². The second-order valence-electron chi connectivity index (χ2n) is 7.90. The van der Waals surface area contributed by atoms with E-state index in [2.05, 4.69) is 26.1 Å². The Balaban J connectivity index is 1.77. The molecular weight excluding hydrogens is 324 g/mol. The van der Waals surface area contributed by atoms with Gasteiger partial charge in [-0.3, -0.25) is 9.59 Å². The molecule has 2 amide bonds. The molecule has 0 aliphatic carbocycles. The minimum atomic E-state index is -0.121. The van der Waals surface area contributed by atoms with Crippen molar-refractivity contribution in [3.8, 4) is 0 Å². The van der Waals surface area contributed by atoms with Crippen LogP contribution in [0.25, 0.3) is 0 Å². The smallest absolute Gasteiger partial charge is 0.255 e. The van der Waals surface area contributed by atoms with Crippen molar-refractivity contribution in [1.82, 2.24) is 0 Å². The lowest BCUT2D eigenvalue weighted by Gasteiger charge is -2.29. The van der Waals surface area contributed by atoms with Gasteiger partial charge >= 0.3 is 0 Å². The Morgan fingerprint density at radius 3 is 2.35 bits per heavy atom. The predicted octanol–water partition coefficient (Wildman–Crippen LogP) is 4.54. The van der Waals surface area contributed by atoms with E-state index in [9.17, 15) is 9.59 Å². The van der Waals surface area contributed by atoms with Gasteiger partial charge in [0.1, 0.15) is 0 Å². The minimum absolute atomic E-state index is 0.0571. The molecule has 0 atom stereocenters. The number of hydrogen-bond donors (Lipinski definition) is 1. The highest BCUT2D eigenvalue weighted by atomic mass is 16.2. The van der Waals surface area contributed by atoms with Crippen molar-refractivity contribution in [2.24, 2.45) is 0 Å². The van der Waals surface area contributed by atoms with Crippen LogP contribution in [0.3, 0.4) is 0 Å². The summed E-state index contributed by atoms with van der Waals surface area (Å²) in [6.45, 7) is 8.80. The SMILES string of the molecule is CC(=O)N1CCCc2cc(NC(=O)c3ccc(C(C)(C)C)cc3)ccc21. The summed E-state index contributed by atoms with van der Waals surface area (Å²) in [6, 6.07) is 13.5. The minimum Gasteiger partial charge on any atom is -0.322 e. The van der Waals surface area contributed by atoms with Gasteiger partial charge in [-0.05, 0) is 59.7 Å². The van der Waals surface area contributed by atoms with E-state index in [1.807, 2.05) is 42.5 Å². The number of nitrogens with zero attached hydrogens (tertiary/aromatic N) is 1. The third kappa shape index (κ3) is 3.79. The van der Waals surface area contributed by atoms with Crippen LogP contribution in [0.5, 0.6) is 0 Å². The average molecular weight is 350 g/mol. The van der Waals surface area contributed by atoms with Gasteiger partial charge in [-0.15, -0.1) is 0 Å². The number of fused-ring (bicyclic) bond motifs is 1. The summed E-state index contributed by atoms with van der Waals surface area (Å²) >= 11 is 0. The molecule has 1 aliphatic heterocycles. The third-order valence-electron chi connectivity index (χ3n) is 4.85. The number of carbonyl (C=O) groups is 2. The van der Waals surface area contributed by atoms with Gasteiger partial charge in [-0.25, -0.2) is 0 Å². The monoisotopic (exact) mass is 350 g/mol. The van der Waals surface area contributed by atoms with E-state index in [0.717, 1.165) is 36.3 Å². The second-order valence-corrected chi connectivity index (χ2v) is 7.90. The van der Waals surface area contributed by atoms with Crippen LogP contribution >= 0.6 is 0 Å². The molecule has 4 heteroatoms. The zero-order chi connectivity index (χ0) is 18.9. The molecule has 4 nitrogen and oxygen atoms in total. The molecule has 0 fully saturated rings. The standard InChI is InChI=1S/C22H26N2O2/c1-15(25)24-13-5-6-17-14-19(11-12-20(17)24)23-21(26)16-7-9-18(10-8-16)22(2,3)4/h7-12,14H,5-6,13H2,1-4H3,(H,23,26). The highest BCUT2D eigenvalue weighted by Gasteiger charge is 2.20. The normalized spacial score (nSPS) is 13.9. The topological polar surface area (TPSA) is 49.4 Å². The van der Waals surface area contributed by atoms with Crippen LogP contribution in [0.1, 0.15) is 55.6 Å². The molecule has 0 spiro atoms. The van der Waals surface area contributed by atoms with Crippen LogP contribution in [0, 0.1) is 0 Å². The maximum Gasteiger partial charge on any atom is 0.255 e. The first kappa shape index (κ1) is 18.2. The quantitative estimate of drug-likeness (QED) is 0.865. The number of aryl methyl sites for hydroxylation is 1. The molecule has 0 aromatic heterocycles. The van der Waals surface area contributed by atoms with Crippen LogP contribution in [0.2, 0.25) is 0 Å². The Morgan fingerprint density at radius 1 is 1.04 bits per heavy atom. The number of anilines is 2. The van der Waals surface area contributed by atoms with Crippen LogP contribution in [0.15, 0.2) is 42.5 Å². The summed E-state index contributed by atoms with van der Waals surface area (Å²) in [7, 11) is 0. The van der Waals surface area contributed by atoms with Gasteiger partial charge in [0.15, 0.2) is 0 Å². The number of carbonyl (C=O) groups excluding carboxylic acids is 2. The zero-order valence-electron chi connectivity index (χ0n) is 15.9. The lowest BCUT2D eigenvalue weighted by atomic mass is 9.87. The largest absolute Gasteiger partial charge is 0.322 e. The fraction of sp³-hybridized carbons (Fsp3) is 0.364. The van der Waals surface area contributed by atoms with E-state index in [0.29, 0.717) is 5.56 Å². The van der Waals surface area contributed by atoms with Gasteiger partial charge in [0.25, 0.3) is 5.91 Å². The molecule has 3 rings (SSSR count). The van der Waals surface area contributed by atoms with Crippen molar-refractivity contribution >= 4 is 23.2 Å². The summed E-state index contributed by atoms with van der Waals surface area (Å²) in [5.41, 5.74) is 4.73. The van der Waals surface area contributed by atoms with Gasteiger partial charge in [-0.2, -0.15) is 0 Å². The summed E-state index contributed by atoms with van der Waals surface area (Å²) < 4.78 is 0. The van der Waals surface area contributed by atoms with Gasteiger partial charge < -0.3 is 10.2 Å². The highest BCUT2D eigenvalue weighted by Crippen LogP contribution is 2.30. The Morgan fingerprint density at radius 2 is 1.73 bits per heavy atom. The van der Waals surface area contributed by atoms with Gasteiger partial charge in [0.2, 0.25) is 5.91 Å². The molecule has 0 saturated heterocycles. The van der Waals surface area contributed by atoms with Crippen LogP contribution < -0.4 is 10.2 Å². The molecule has 0 radical (unpaired) electrons. The van der Waals surface area contributed by atoms with E-state index in [1.165, 1.54) is 5.56 Å². The molecule has 1 aliphatic rings. The summed E-state index contributed by atoms with van der Waals surface area (Å²) in [6.07, 6.45) is 1.86. The maximum atomic E-state index is 12.5. The van der Waals surface area contributed by atoms with Gasteiger partial charge in [-0.1, -0.05) is 32.9 Å². The molecule has 2 aromatic rings. The van der Waals surface area contributed by atoms with Crippen molar-refractivity contribution in [2.75, 3.05) is 16.8 Å². The van der Waals surface area contributed by atoms with E-state index < -0.39 is 0 Å². The van der Waals surface area contributed by atoms with Crippen molar-refractivity contribution < 1.29 is 9.59 Å². The Kier molecular flexibility index (Phi) is 4.86. The summed E-state index contributed by atoms with van der Waals surface area (Å²) in [5.74, 6) is -0.0636. The highest BCUT2D eigenvalue weighted by molar-refractivity contribution is 6.04. The van der Waals surface area contributed by atoms with E-state index in [1.54, 1.807) is 11.8 Å². The average Bonchev–Trinajstić information content (AvgIpc) is 2.60. The van der Waals surface area contributed by atoms with Gasteiger partial charge in [0, 0.05) is 30.4 Å². The first-order valence-corrected chi connectivity index (χ1v) is 9.08. The summed E-state index contributed by atoms with van der Waals surface area (Å²) in [5, 5.41) is 2.97. The van der Waals surface area contributed by atoms with E-state index in [4.69, 9.17) is 0 Å². The molecular formula is C22H26N2O2. The Hall–Kier alpha value is -2.62. The molecule has 2 aromatic carbocycles.